The molecule has 0 radical (unpaired) electrons. The number of quaternary nitrogens is 2. The van der Waals surface area contributed by atoms with Gasteiger partial charge in [-0.1, -0.05) is 72.8 Å². The number of carbonyl (C=O) groups excluding carboxylic acids is 1. The third-order valence-corrected chi connectivity index (χ3v) is 6.12. The quantitative estimate of drug-likeness (QED) is 0.657. The van der Waals surface area contributed by atoms with E-state index in [0.29, 0.717) is 12.6 Å². The number of amides is 1. The van der Waals surface area contributed by atoms with E-state index in [2.05, 4.69) is 79.0 Å². The van der Waals surface area contributed by atoms with Gasteiger partial charge in [0.05, 0.1) is 26.2 Å². The average Bonchev–Trinajstić information content (AvgIpc) is 2.78. The first-order valence-electron chi connectivity index (χ1n) is 10.7. The van der Waals surface area contributed by atoms with Crippen molar-refractivity contribution in [3.8, 4) is 0 Å². The maximum Gasteiger partial charge on any atom is 0.278 e. The van der Waals surface area contributed by atoms with Gasteiger partial charge < -0.3 is 15.1 Å². The maximum atomic E-state index is 12.7. The highest BCUT2D eigenvalue weighted by atomic mass is 16.2. The number of piperazine rings is 1. The van der Waals surface area contributed by atoms with Crippen molar-refractivity contribution in [1.29, 1.82) is 0 Å². The minimum Gasteiger partial charge on any atom is -0.333 e. The largest absolute Gasteiger partial charge is 0.333 e. The summed E-state index contributed by atoms with van der Waals surface area (Å²) in [5.74, 6) is 0.261. The Balaban J connectivity index is 1.27. The van der Waals surface area contributed by atoms with E-state index in [1.165, 1.54) is 21.9 Å². The van der Waals surface area contributed by atoms with Crippen LogP contribution in [0.3, 0.4) is 0 Å². The molecule has 0 saturated carbocycles. The lowest BCUT2D eigenvalue weighted by molar-refractivity contribution is -0.917. The fraction of sp³-hybridized carbons (Fsp3) is 0.320. The van der Waals surface area contributed by atoms with Gasteiger partial charge >= 0.3 is 0 Å². The number of nitrogens with zero attached hydrogens (tertiary/aromatic N) is 1. The zero-order valence-electron chi connectivity index (χ0n) is 17.2. The van der Waals surface area contributed by atoms with Gasteiger partial charge in [0.1, 0.15) is 12.6 Å². The van der Waals surface area contributed by atoms with E-state index in [0.717, 1.165) is 32.7 Å². The van der Waals surface area contributed by atoms with Gasteiger partial charge in [-0.15, -0.1) is 0 Å². The van der Waals surface area contributed by atoms with Crippen LogP contribution >= 0.6 is 0 Å². The normalized spacial score (nSPS) is 16.1. The summed E-state index contributed by atoms with van der Waals surface area (Å²) in [5, 5.41) is 4.80. The number of rotatable bonds is 6. The second kappa shape index (κ2) is 9.21. The van der Waals surface area contributed by atoms with Crippen LogP contribution in [0.15, 0.2) is 72.8 Å². The summed E-state index contributed by atoms with van der Waals surface area (Å²) in [6.07, 6.45) is 0. The Bertz CT molecular complexity index is 943. The van der Waals surface area contributed by atoms with Crippen molar-refractivity contribution in [3.05, 3.63) is 83.9 Å². The van der Waals surface area contributed by atoms with Crippen LogP contribution < -0.4 is 10.2 Å². The summed E-state index contributed by atoms with van der Waals surface area (Å²) < 4.78 is 0. The molecule has 1 amide bonds. The Morgan fingerprint density at radius 1 is 0.966 bits per heavy atom. The number of hydrogen-bond donors (Lipinski definition) is 2. The standard InChI is InChI=1S/C25H29N3O/c1-20(21-8-3-2-4-9-21)26-18-25(29)28-16-14-27(15-17-28)19-23-12-7-11-22-10-5-6-13-24(22)23/h2-13,20,26H,14-19H2,1H3/p+2/t20-/m0/s1. The number of carbonyl (C=O) groups is 1. The zero-order chi connectivity index (χ0) is 20.1. The zero-order valence-corrected chi connectivity index (χ0v) is 17.2. The predicted molar refractivity (Wildman–Crippen MR) is 117 cm³/mol. The van der Waals surface area contributed by atoms with E-state index in [9.17, 15) is 4.79 Å². The third-order valence-electron chi connectivity index (χ3n) is 6.12. The van der Waals surface area contributed by atoms with Gasteiger partial charge in [0, 0.05) is 11.1 Å². The van der Waals surface area contributed by atoms with Crippen molar-refractivity contribution in [3.63, 3.8) is 0 Å². The van der Waals surface area contributed by atoms with Crippen molar-refractivity contribution < 1.29 is 15.0 Å². The fourth-order valence-corrected chi connectivity index (χ4v) is 4.26. The maximum absolute atomic E-state index is 12.7. The highest BCUT2D eigenvalue weighted by Crippen LogP contribution is 2.17. The molecule has 4 heteroatoms. The van der Waals surface area contributed by atoms with Gasteiger partial charge in [0.15, 0.2) is 6.54 Å². The molecular formula is C25H31N3O+2. The van der Waals surface area contributed by atoms with Crippen molar-refractivity contribution in [2.75, 3.05) is 32.7 Å². The van der Waals surface area contributed by atoms with Crippen molar-refractivity contribution >= 4 is 16.7 Å². The van der Waals surface area contributed by atoms with Gasteiger partial charge in [-0.3, -0.25) is 4.79 Å². The minimum absolute atomic E-state index is 0.261. The third kappa shape index (κ3) is 4.84. The Morgan fingerprint density at radius 3 is 2.45 bits per heavy atom. The molecule has 0 spiro atoms. The smallest absolute Gasteiger partial charge is 0.278 e. The van der Waals surface area contributed by atoms with E-state index < -0.39 is 0 Å². The molecule has 29 heavy (non-hydrogen) atoms. The molecule has 0 bridgehead atoms. The van der Waals surface area contributed by atoms with Crippen molar-refractivity contribution in [1.82, 2.24) is 4.90 Å². The molecule has 4 rings (SSSR count). The number of benzene rings is 3. The average molecular weight is 390 g/mol. The summed E-state index contributed by atoms with van der Waals surface area (Å²) in [7, 11) is 0. The Hall–Kier alpha value is -2.69. The molecule has 3 aromatic rings. The molecule has 0 aromatic heterocycles. The van der Waals surface area contributed by atoms with Crippen LogP contribution in [-0.4, -0.2) is 43.5 Å². The van der Waals surface area contributed by atoms with Gasteiger partial charge in [-0.2, -0.15) is 0 Å². The predicted octanol–water partition coefficient (Wildman–Crippen LogP) is 1.39. The summed E-state index contributed by atoms with van der Waals surface area (Å²) >= 11 is 0. The number of nitrogens with two attached hydrogens (primary N) is 1. The molecule has 0 unspecified atom stereocenters. The summed E-state index contributed by atoms with van der Waals surface area (Å²) in [4.78, 5) is 16.3. The van der Waals surface area contributed by atoms with Crippen LogP contribution in [-0.2, 0) is 11.3 Å². The molecule has 3 aromatic carbocycles. The first kappa shape index (κ1) is 19.6. The van der Waals surface area contributed by atoms with E-state index in [4.69, 9.17) is 0 Å². The molecular weight excluding hydrogens is 358 g/mol. The molecule has 0 aliphatic carbocycles. The van der Waals surface area contributed by atoms with Gasteiger partial charge in [0.2, 0.25) is 0 Å². The fourth-order valence-electron chi connectivity index (χ4n) is 4.26. The van der Waals surface area contributed by atoms with Crippen LogP contribution in [0, 0.1) is 0 Å². The Morgan fingerprint density at radius 2 is 1.66 bits per heavy atom. The molecule has 1 saturated heterocycles. The van der Waals surface area contributed by atoms with Crippen LogP contribution in [0.1, 0.15) is 24.1 Å². The van der Waals surface area contributed by atoms with Crippen LogP contribution in [0.25, 0.3) is 10.8 Å². The SMILES string of the molecule is C[C@H]([NH2+]CC(=O)N1CC[NH+](Cc2cccc3ccccc23)CC1)c1ccccc1. The Labute approximate surface area is 173 Å². The molecule has 1 fully saturated rings. The molecule has 150 valence electrons. The number of nitrogens with one attached hydrogen (secondary N) is 1. The molecule has 4 nitrogen and oxygen atoms in total. The van der Waals surface area contributed by atoms with E-state index in [-0.39, 0.29) is 5.91 Å². The molecule has 3 N–H and O–H groups in total. The lowest BCUT2D eigenvalue weighted by Crippen LogP contribution is -3.13. The van der Waals surface area contributed by atoms with Crippen molar-refractivity contribution in [2.24, 2.45) is 0 Å². The van der Waals surface area contributed by atoms with Gasteiger partial charge in [-0.05, 0) is 17.7 Å². The van der Waals surface area contributed by atoms with Crippen LogP contribution in [0.4, 0.5) is 0 Å². The van der Waals surface area contributed by atoms with E-state index in [1.54, 1.807) is 4.90 Å². The van der Waals surface area contributed by atoms with E-state index in [1.807, 2.05) is 11.0 Å². The lowest BCUT2D eigenvalue weighted by Gasteiger charge is -2.32. The second-order valence-electron chi connectivity index (χ2n) is 8.09. The van der Waals surface area contributed by atoms with Crippen LogP contribution in [0.2, 0.25) is 0 Å². The molecule has 1 aliphatic rings. The summed E-state index contributed by atoms with van der Waals surface area (Å²) in [6.45, 7) is 7.45. The summed E-state index contributed by atoms with van der Waals surface area (Å²) in [6, 6.07) is 25.9. The van der Waals surface area contributed by atoms with Crippen LogP contribution in [0.5, 0.6) is 0 Å². The second-order valence-corrected chi connectivity index (χ2v) is 8.09. The van der Waals surface area contributed by atoms with Gasteiger partial charge in [-0.25, -0.2) is 0 Å². The highest BCUT2D eigenvalue weighted by molar-refractivity contribution is 5.85. The first-order chi connectivity index (χ1) is 14.2. The van der Waals surface area contributed by atoms with E-state index >= 15 is 0 Å². The molecule has 1 heterocycles. The topological polar surface area (TPSA) is 41.4 Å². The monoisotopic (exact) mass is 389 g/mol. The molecule has 1 aliphatic heterocycles. The highest BCUT2D eigenvalue weighted by Gasteiger charge is 2.25. The first-order valence-corrected chi connectivity index (χ1v) is 10.7. The van der Waals surface area contributed by atoms with Crippen molar-refractivity contribution in [2.45, 2.75) is 19.5 Å². The van der Waals surface area contributed by atoms with Gasteiger partial charge in [0.25, 0.3) is 5.91 Å². The molecule has 1 atom stereocenters. The summed E-state index contributed by atoms with van der Waals surface area (Å²) in [5.41, 5.74) is 2.67. The Kier molecular flexibility index (Phi) is 6.23. The minimum atomic E-state index is 0.261. The number of hydrogen-bond acceptors (Lipinski definition) is 1. The lowest BCUT2D eigenvalue weighted by atomic mass is 10.0. The number of fused-ring (bicyclic) bond motifs is 1.